The molecule has 0 bridgehead atoms. The van der Waals surface area contributed by atoms with Gasteiger partial charge in [0.05, 0.1) is 29.4 Å². The molecule has 0 aliphatic carbocycles. The number of aromatic nitrogens is 2. The maximum Gasteiger partial charge on any atom is 0.131 e. The molecule has 5 nitrogen and oxygen atoms in total. The van der Waals surface area contributed by atoms with Gasteiger partial charge in [-0.1, -0.05) is 37.6 Å². The summed E-state index contributed by atoms with van der Waals surface area (Å²) in [6, 6.07) is 26.5. The normalized spacial score (nSPS) is 12.7. The molecule has 4 aromatic rings. The minimum atomic E-state index is 0.740. The molecule has 0 unspecified atom stereocenters. The van der Waals surface area contributed by atoms with Crippen molar-refractivity contribution in [1.29, 1.82) is 0 Å². The number of rotatable bonds is 7. The molecule has 0 radical (unpaired) electrons. The first kappa shape index (κ1) is 20.1. The van der Waals surface area contributed by atoms with Crippen molar-refractivity contribution >= 4 is 17.1 Å². The fourth-order valence-electron chi connectivity index (χ4n) is 4.02. The Kier molecular flexibility index (Phi) is 5.71. The van der Waals surface area contributed by atoms with Crippen LogP contribution in [0.4, 0.5) is 17.1 Å². The second-order valence-electron chi connectivity index (χ2n) is 7.87. The van der Waals surface area contributed by atoms with E-state index in [1.165, 1.54) is 24.2 Å². The van der Waals surface area contributed by atoms with Crippen LogP contribution in [0.5, 0.6) is 11.5 Å². The molecule has 3 heterocycles. The number of unbranched alkanes of at least 4 members (excludes halogenated alkanes) is 1. The number of pyridine rings is 2. The van der Waals surface area contributed by atoms with E-state index in [4.69, 9.17) is 4.74 Å². The standard InChI is InChI=1S/C27H26N4O/c1-2-3-17-30-20-31(27-13-5-4-12-26(27)30)21-9-8-10-22(18-21)32-23-14-16-29-25(19-23)24-11-6-7-15-28-24/h4-16,18-19H,2-3,17,20H2,1H3. The van der Waals surface area contributed by atoms with Gasteiger partial charge in [-0.3, -0.25) is 9.97 Å². The molecule has 2 aromatic heterocycles. The molecule has 2 aromatic carbocycles. The van der Waals surface area contributed by atoms with Gasteiger partial charge in [0.2, 0.25) is 0 Å². The Morgan fingerprint density at radius 3 is 2.44 bits per heavy atom. The molecule has 0 amide bonds. The first-order valence-electron chi connectivity index (χ1n) is 11.1. The number of ether oxygens (including phenoxy) is 1. The zero-order chi connectivity index (χ0) is 21.8. The molecule has 32 heavy (non-hydrogen) atoms. The van der Waals surface area contributed by atoms with Crippen molar-refractivity contribution in [3.63, 3.8) is 0 Å². The van der Waals surface area contributed by atoms with Crippen molar-refractivity contribution in [3.05, 3.63) is 91.3 Å². The van der Waals surface area contributed by atoms with E-state index >= 15 is 0 Å². The van der Waals surface area contributed by atoms with Gasteiger partial charge >= 0.3 is 0 Å². The number of nitrogens with zero attached hydrogens (tertiary/aromatic N) is 4. The molecule has 0 atom stereocenters. The van der Waals surface area contributed by atoms with Crippen LogP contribution in [-0.2, 0) is 0 Å². The van der Waals surface area contributed by atoms with Gasteiger partial charge in [-0.15, -0.1) is 0 Å². The maximum atomic E-state index is 6.21. The third-order valence-electron chi connectivity index (χ3n) is 5.63. The first-order chi connectivity index (χ1) is 15.8. The Morgan fingerprint density at radius 1 is 0.781 bits per heavy atom. The molecule has 0 saturated carbocycles. The summed E-state index contributed by atoms with van der Waals surface area (Å²) in [7, 11) is 0. The van der Waals surface area contributed by atoms with E-state index in [2.05, 4.69) is 63.1 Å². The van der Waals surface area contributed by atoms with Crippen LogP contribution in [0.2, 0.25) is 0 Å². The Balaban J connectivity index is 1.39. The largest absolute Gasteiger partial charge is 0.457 e. The molecule has 1 aliphatic heterocycles. The van der Waals surface area contributed by atoms with Crippen LogP contribution in [0.3, 0.4) is 0 Å². The van der Waals surface area contributed by atoms with Gasteiger partial charge in [0.15, 0.2) is 0 Å². The number of benzene rings is 2. The highest BCUT2D eigenvalue weighted by atomic mass is 16.5. The van der Waals surface area contributed by atoms with Crippen molar-refractivity contribution in [2.75, 3.05) is 23.0 Å². The minimum Gasteiger partial charge on any atom is -0.457 e. The third-order valence-corrected chi connectivity index (χ3v) is 5.63. The van der Waals surface area contributed by atoms with Gasteiger partial charge in [-0.05, 0) is 48.9 Å². The van der Waals surface area contributed by atoms with Gasteiger partial charge in [0.1, 0.15) is 11.5 Å². The summed E-state index contributed by atoms with van der Waals surface area (Å²) < 4.78 is 6.21. The lowest BCUT2D eigenvalue weighted by Gasteiger charge is -2.22. The number of anilines is 3. The van der Waals surface area contributed by atoms with Gasteiger partial charge in [0, 0.05) is 36.8 Å². The van der Waals surface area contributed by atoms with E-state index in [1.54, 1.807) is 12.4 Å². The fraction of sp³-hybridized carbons (Fsp3) is 0.185. The lowest BCUT2D eigenvalue weighted by molar-refractivity contribution is 0.482. The van der Waals surface area contributed by atoms with E-state index in [0.29, 0.717) is 0 Å². The Bertz CT molecular complexity index is 1190. The minimum absolute atomic E-state index is 0.740. The van der Waals surface area contributed by atoms with E-state index in [9.17, 15) is 0 Å². The molecule has 0 fully saturated rings. The van der Waals surface area contributed by atoms with Gasteiger partial charge in [-0.2, -0.15) is 0 Å². The average molecular weight is 423 g/mol. The predicted molar refractivity (Wildman–Crippen MR) is 130 cm³/mol. The lowest BCUT2D eigenvalue weighted by atomic mass is 10.2. The molecule has 0 spiro atoms. The van der Waals surface area contributed by atoms with E-state index in [-0.39, 0.29) is 0 Å². The van der Waals surface area contributed by atoms with Gasteiger partial charge in [-0.25, -0.2) is 0 Å². The molecule has 5 rings (SSSR count). The first-order valence-corrected chi connectivity index (χ1v) is 11.1. The summed E-state index contributed by atoms with van der Waals surface area (Å²) in [5, 5.41) is 0. The van der Waals surface area contributed by atoms with Crippen LogP contribution in [0, 0.1) is 0 Å². The highest BCUT2D eigenvalue weighted by molar-refractivity contribution is 5.82. The molecule has 1 aliphatic rings. The smallest absolute Gasteiger partial charge is 0.131 e. The predicted octanol–water partition coefficient (Wildman–Crippen LogP) is 6.65. The second kappa shape index (κ2) is 9.10. The maximum absolute atomic E-state index is 6.21. The van der Waals surface area contributed by atoms with Crippen molar-refractivity contribution in [2.45, 2.75) is 19.8 Å². The van der Waals surface area contributed by atoms with Crippen LogP contribution < -0.4 is 14.5 Å². The SMILES string of the molecule is CCCCN1CN(c2cccc(Oc3ccnc(-c4ccccn4)c3)c2)c2ccccc21. The zero-order valence-electron chi connectivity index (χ0n) is 18.2. The number of hydrogen-bond acceptors (Lipinski definition) is 5. The van der Waals surface area contributed by atoms with Gasteiger partial charge in [0.25, 0.3) is 0 Å². The van der Waals surface area contributed by atoms with Crippen LogP contribution in [0.15, 0.2) is 91.3 Å². The topological polar surface area (TPSA) is 41.5 Å². The number of hydrogen-bond donors (Lipinski definition) is 0. The van der Waals surface area contributed by atoms with Crippen molar-refractivity contribution in [1.82, 2.24) is 9.97 Å². The summed E-state index contributed by atoms with van der Waals surface area (Å²) >= 11 is 0. The molecule has 160 valence electrons. The third kappa shape index (κ3) is 4.14. The Morgan fingerprint density at radius 2 is 1.59 bits per heavy atom. The Labute approximate surface area is 188 Å². The van der Waals surface area contributed by atoms with E-state index in [0.717, 1.165) is 41.8 Å². The molecule has 5 heteroatoms. The summed E-state index contributed by atoms with van der Waals surface area (Å²) in [6.45, 7) is 4.15. The molecular formula is C27H26N4O. The average Bonchev–Trinajstić information content (AvgIpc) is 3.22. The number of para-hydroxylation sites is 2. The van der Waals surface area contributed by atoms with Crippen LogP contribution >= 0.6 is 0 Å². The fourth-order valence-corrected chi connectivity index (χ4v) is 4.02. The summed E-state index contributed by atoms with van der Waals surface area (Å²) in [6.07, 6.45) is 5.90. The van der Waals surface area contributed by atoms with Crippen LogP contribution in [0.25, 0.3) is 11.4 Å². The van der Waals surface area contributed by atoms with E-state index < -0.39 is 0 Å². The summed E-state index contributed by atoms with van der Waals surface area (Å²) in [5.41, 5.74) is 5.27. The highest BCUT2D eigenvalue weighted by Crippen LogP contribution is 2.41. The van der Waals surface area contributed by atoms with E-state index in [1.807, 2.05) is 42.5 Å². The van der Waals surface area contributed by atoms with Crippen molar-refractivity contribution in [2.24, 2.45) is 0 Å². The lowest BCUT2D eigenvalue weighted by Crippen LogP contribution is -2.28. The number of fused-ring (bicyclic) bond motifs is 1. The Hall–Kier alpha value is -3.86. The van der Waals surface area contributed by atoms with Gasteiger partial charge < -0.3 is 14.5 Å². The summed E-state index contributed by atoms with van der Waals surface area (Å²) in [4.78, 5) is 13.6. The van der Waals surface area contributed by atoms with Crippen molar-refractivity contribution in [3.8, 4) is 22.9 Å². The highest BCUT2D eigenvalue weighted by Gasteiger charge is 2.26. The second-order valence-corrected chi connectivity index (χ2v) is 7.87. The zero-order valence-corrected chi connectivity index (χ0v) is 18.2. The monoisotopic (exact) mass is 422 g/mol. The molecular weight excluding hydrogens is 396 g/mol. The summed E-state index contributed by atoms with van der Waals surface area (Å²) in [5.74, 6) is 1.54. The van der Waals surface area contributed by atoms with Crippen LogP contribution in [0.1, 0.15) is 19.8 Å². The van der Waals surface area contributed by atoms with Crippen LogP contribution in [-0.4, -0.2) is 23.2 Å². The van der Waals surface area contributed by atoms with Crippen molar-refractivity contribution < 1.29 is 4.74 Å². The molecule has 0 N–H and O–H groups in total. The molecule has 0 saturated heterocycles. The quantitative estimate of drug-likeness (QED) is 0.333.